The molecule has 0 saturated heterocycles. The summed E-state index contributed by atoms with van der Waals surface area (Å²) in [4.78, 5) is 24.6. The van der Waals surface area contributed by atoms with Crippen LogP contribution in [0.25, 0.3) is 16.9 Å². The lowest BCUT2D eigenvalue weighted by molar-refractivity contribution is -0.120. The van der Waals surface area contributed by atoms with Crippen LogP contribution < -0.4 is 20.2 Å². The maximum absolute atomic E-state index is 12.3. The van der Waals surface area contributed by atoms with Crippen LogP contribution in [-0.2, 0) is 4.79 Å². The number of nitrogens with one attached hydrogen (secondary N) is 2. The molecular formula is C28H27N5O4. The first-order valence-corrected chi connectivity index (χ1v) is 11.7. The lowest BCUT2D eigenvalue weighted by Gasteiger charge is -2.06. The van der Waals surface area contributed by atoms with Crippen molar-refractivity contribution in [3.63, 3.8) is 0 Å². The number of carbonyl (C=O) groups is 2. The van der Waals surface area contributed by atoms with Gasteiger partial charge in [-0.15, -0.1) is 0 Å². The van der Waals surface area contributed by atoms with Gasteiger partial charge < -0.3 is 14.8 Å². The van der Waals surface area contributed by atoms with E-state index in [9.17, 15) is 9.59 Å². The second kappa shape index (κ2) is 12.2. The molecule has 0 aliphatic heterocycles. The lowest BCUT2D eigenvalue weighted by atomic mass is 10.1. The van der Waals surface area contributed by atoms with Gasteiger partial charge in [0, 0.05) is 22.9 Å². The van der Waals surface area contributed by atoms with Crippen LogP contribution in [0.2, 0.25) is 0 Å². The molecule has 188 valence electrons. The van der Waals surface area contributed by atoms with Gasteiger partial charge in [0.1, 0.15) is 17.2 Å². The molecule has 0 aliphatic carbocycles. The highest BCUT2D eigenvalue weighted by Crippen LogP contribution is 2.25. The summed E-state index contributed by atoms with van der Waals surface area (Å²) >= 11 is 0. The number of amides is 2. The fraction of sp³-hybridized carbons (Fsp3) is 0.143. The standard InChI is InChI=1S/C28H27N5O4/c1-3-37-25-15-11-21(12-16-25)28(35)29-18-26(34)31-30-17-22-19-33(23-7-5-4-6-8-23)32-27(22)20-9-13-24(36-2)14-10-20/h4-17,19H,3,18H2,1-2H3,(H,29,35)(H,31,34)/b30-17+. The van der Waals surface area contributed by atoms with E-state index in [-0.39, 0.29) is 12.5 Å². The van der Waals surface area contributed by atoms with Crippen LogP contribution in [0.15, 0.2) is 90.2 Å². The average Bonchev–Trinajstić information content (AvgIpc) is 3.37. The summed E-state index contributed by atoms with van der Waals surface area (Å²) in [7, 11) is 1.61. The number of nitrogens with zero attached hydrogens (tertiary/aromatic N) is 3. The van der Waals surface area contributed by atoms with Crippen molar-refractivity contribution in [3.8, 4) is 28.4 Å². The molecule has 0 radical (unpaired) electrons. The van der Waals surface area contributed by atoms with E-state index < -0.39 is 5.91 Å². The van der Waals surface area contributed by atoms with Crippen molar-refractivity contribution in [2.45, 2.75) is 6.92 Å². The Labute approximate surface area is 214 Å². The fourth-order valence-electron chi connectivity index (χ4n) is 3.51. The number of hydrogen-bond acceptors (Lipinski definition) is 6. The number of rotatable bonds is 10. The van der Waals surface area contributed by atoms with Crippen LogP contribution in [0.4, 0.5) is 0 Å². The topological polar surface area (TPSA) is 107 Å². The molecule has 37 heavy (non-hydrogen) atoms. The van der Waals surface area contributed by atoms with Crippen molar-refractivity contribution in [1.29, 1.82) is 0 Å². The molecule has 3 aromatic carbocycles. The number of hydrazone groups is 1. The van der Waals surface area contributed by atoms with Crippen LogP contribution in [0.1, 0.15) is 22.8 Å². The minimum atomic E-state index is -0.461. The van der Waals surface area contributed by atoms with Gasteiger partial charge in [0.25, 0.3) is 11.8 Å². The predicted molar refractivity (Wildman–Crippen MR) is 141 cm³/mol. The number of benzene rings is 3. The van der Waals surface area contributed by atoms with E-state index in [0.717, 1.165) is 17.0 Å². The Morgan fingerprint density at radius 2 is 1.68 bits per heavy atom. The van der Waals surface area contributed by atoms with Crippen molar-refractivity contribution in [3.05, 3.63) is 96.2 Å². The van der Waals surface area contributed by atoms with Crippen molar-refractivity contribution in [2.75, 3.05) is 20.3 Å². The molecule has 0 fully saturated rings. The van der Waals surface area contributed by atoms with E-state index in [1.54, 1.807) is 36.1 Å². The summed E-state index contributed by atoms with van der Waals surface area (Å²) in [6, 6.07) is 23.9. The van der Waals surface area contributed by atoms with E-state index in [1.165, 1.54) is 6.21 Å². The molecule has 0 saturated carbocycles. The minimum absolute atomic E-state index is 0.224. The summed E-state index contributed by atoms with van der Waals surface area (Å²) in [5.74, 6) is 0.585. The molecule has 4 aromatic rings. The monoisotopic (exact) mass is 497 g/mol. The Balaban J connectivity index is 1.42. The van der Waals surface area contributed by atoms with Gasteiger partial charge in [-0.25, -0.2) is 10.1 Å². The predicted octanol–water partition coefficient (Wildman–Crippen LogP) is 3.83. The molecule has 2 N–H and O–H groups in total. The van der Waals surface area contributed by atoms with Gasteiger partial charge in [0.2, 0.25) is 0 Å². The molecule has 1 aromatic heterocycles. The van der Waals surface area contributed by atoms with Crippen LogP contribution >= 0.6 is 0 Å². The van der Waals surface area contributed by atoms with Gasteiger partial charge in [-0.3, -0.25) is 9.59 Å². The van der Waals surface area contributed by atoms with E-state index >= 15 is 0 Å². The zero-order chi connectivity index (χ0) is 26.0. The number of methoxy groups -OCH3 is 1. The summed E-state index contributed by atoms with van der Waals surface area (Å²) < 4.78 is 12.4. The van der Waals surface area contributed by atoms with Crippen LogP contribution in [0, 0.1) is 0 Å². The Hall–Kier alpha value is -4.92. The normalized spacial score (nSPS) is 10.8. The highest BCUT2D eigenvalue weighted by atomic mass is 16.5. The third-order valence-corrected chi connectivity index (χ3v) is 5.36. The third kappa shape index (κ3) is 6.61. The highest BCUT2D eigenvalue weighted by Gasteiger charge is 2.12. The lowest BCUT2D eigenvalue weighted by Crippen LogP contribution is -2.34. The summed E-state index contributed by atoms with van der Waals surface area (Å²) in [5.41, 5.74) is 6.02. The molecule has 0 unspecified atom stereocenters. The van der Waals surface area contributed by atoms with Gasteiger partial charge in [-0.05, 0) is 67.6 Å². The largest absolute Gasteiger partial charge is 0.497 e. The Morgan fingerprint density at radius 3 is 2.35 bits per heavy atom. The Kier molecular flexibility index (Phi) is 8.28. The first kappa shape index (κ1) is 25.2. The number of aromatic nitrogens is 2. The second-order valence-corrected chi connectivity index (χ2v) is 7.87. The first-order valence-electron chi connectivity index (χ1n) is 11.7. The van der Waals surface area contributed by atoms with Crippen LogP contribution in [0.5, 0.6) is 11.5 Å². The summed E-state index contributed by atoms with van der Waals surface area (Å²) in [6.07, 6.45) is 3.36. The maximum atomic E-state index is 12.3. The van der Waals surface area contributed by atoms with Gasteiger partial charge in [0.15, 0.2) is 0 Å². The molecular weight excluding hydrogens is 470 g/mol. The van der Waals surface area contributed by atoms with E-state index in [2.05, 4.69) is 15.8 Å². The first-order chi connectivity index (χ1) is 18.1. The Morgan fingerprint density at radius 1 is 0.973 bits per heavy atom. The minimum Gasteiger partial charge on any atom is -0.497 e. The highest BCUT2D eigenvalue weighted by molar-refractivity contribution is 5.96. The van der Waals surface area contributed by atoms with Crippen molar-refractivity contribution in [1.82, 2.24) is 20.5 Å². The van der Waals surface area contributed by atoms with Crippen LogP contribution in [0.3, 0.4) is 0 Å². The van der Waals surface area contributed by atoms with E-state index in [0.29, 0.717) is 29.2 Å². The number of carbonyl (C=O) groups excluding carboxylic acids is 2. The molecule has 2 amide bonds. The van der Waals surface area contributed by atoms with Crippen molar-refractivity contribution >= 4 is 18.0 Å². The number of ether oxygens (including phenoxy) is 2. The zero-order valence-corrected chi connectivity index (χ0v) is 20.5. The fourth-order valence-corrected chi connectivity index (χ4v) is 3.51. The SMILES string of the molecule is CCOc1ccc(C(=O)NCC(=O)N/N=C/c2cn(-c3ccccc3)nc2-c2ccc(OC)cc2)cc1. The van der Waals surface area contributed by atoms with Gasteiger partial charge in [-0.2, -0.15) is 10.2 Å². The maximum Gasteiger partial charge on any atom is 0.259 e. The molecule has 1 heterocycles. The van der Waals surface area contributed by atoms with Gasteiger partial charge >= 0.3 is 0 Å². The summed E-state index contributed by atoms with van der Waals surface area (Å²) in [5, 5.41) is 11.4. The van der Waals surface area contributed by atoms with Crippen molar-refractivity contribution < 1.29 is 19.1 Å². The summed E-state index contributed by atoms with van der Waals surface area (Å²) in [6.45, 7) is 2.20. The second-order valence-electron chi connectivity index (χ2n) is 7.87. The molecule has 9 nitrogen and oxygen atoms in total. The van der Waals surface area contributed by atoms with Gasteiger partial charge in [-0.1, -0.05) is 18.2 Å². The third-order valence-electron chi connectivity index (χ3n) is 5.36. The molecule has 0 aliphatic rings. The number of hydrogen-bond donors (Lipinski definition) is 2. The molecule has 4 rings (SSSR count). The van der Waals surface area contributed by atoms with Crippen LogP contribution in [-0.4, -0.2) is 48.1 Å². The molecule has 9 heteroatoms. The number of para-hydroxylation sites is 1. The van der Waals surface area contributed by atoms with E-state index in [4.69, 9.17) is 14.6 Å². The molecule has 0 bridgehead atoms. The van der Waals surface area contributed by atoms with E-state index in [1.807, 2.05) is 67.7 Å². The molecule has 0 spiro atoms. The average molecular weight is 498 g/mol. The smallest absolute Gasteiger partial charge is 0.259 e. The molecule has 0 atom stereocenters. The van der Waals surface area contributed by atoms with Crippen molar-refractivity contribution in [2.24, 2.45) is 5.10 Å². The Bertz CT molecular complexity index is 1360. The van der Waals surface area contributed by atoms with Gasteiger partial charge in [0.05, 0.1) is 32.2 Å². The quantitative estimate of drug-likeness (QED) is 0.256. The zero-order valence-electron chi connectivity index (χ0n) is 20.5.